The molecule has 0 amide bonds. The molecule has 3 aromatic rings. The van der Waals surface area contributed by atoms with Gasteiger partial charge in [0.15, 0.2) is 5.65 Å². The van der Waals surface area contributed by atoms with Crippen LogP contribution in [0.1, 0.15) is 23.7 Å². The predicted octanol–water partition coefficient (Wildman–Crippen LogP) is 2.60. The second kappa shape index (κ2) is 5.32. The molecule has 0 unspecified atom stereocenters. The quantitative estimate of drug-likeness (QED) is 0.795. The maximum Gasteiger partial charge on any atom is 0.336 e. The van der Waals surface area contributed by atoms with E-state index < -0.39 is 5.97 Å². The van der Waals surface area contributed by atoms with Crippen LogP contribution in [0.25, 0.3) is 22.3 Å². The van der Waals surface area contributed by atoms with E-state index >= 15 is 0 Å². The molecule has 0 atom stereocenters. The van der Waals surface area contributed by atoms with Gasteiger partial charge in [-0.15, -0.1) is 0 Å². The summed E-state index contributed by atoms with van der Waals surface area (Å²) in [6, 6.07) is 5.22. The van der Waals surface area contributed by atoms with E-state index in [0.29, 0.717) is 23.3 Å². The number of carbonyl (C=O) groups is 1. The van der Waals surface area contributed by atoms with Gasteiger partial charge in [-0.2, -0.15) is 5.10 Å². The number of fused-ring (bicyclic) bond motifs is 1. The third-order valence-electron chi connectivity index (χ3n) is 3.23. The first-order chi connectivity index (χ1) is 10.2. The van der Waals surface area contributed by atoms with Crippen molar-refractivity contribution >= 4 is 17.0 Å². The molecule has 106 valence electrons. The highest BCUT2D eigenvalue weighted by Gasteiger charge is 2.16. The smallest absolute Gasteiger partial charge is 0.336 e. The summed E-state index contributed by atoms with van der Waals surface area (Å²) < 4.78 is 1.74. The standard InChI is InChI=1S/C15H14N4O2/c1-2-6-19-14-12(9-17-19)11(15(20)21)7-13(18-14)10-4-3-5-16-8-10/h3-5,7-9H,2,6H2,1H3,(H,20,21). The van der Waals surface area contributed by atoms with Crippen LogP contribution in [0.15, 0.2) is 36.8 Å². The molecule has 0 aliphatic carbocycles. The number of aromatic nitrogens is 4. The lowest BCUT2D eigenvalue weighted by Crippen LogP contribution is -2.03. The van der Waals surface area contributed by atoms with Crippen molar-refractivity contribution in [1.29, 1.82) is 0 Å². The topological polar surface area (TPSA) is 80.9 Å². The van der Waals surface area contributed by atoms with Crippen LogP contribution in [-0.4, -0.2) is 30.8 Å². The summed E-state index contributed by atoms with van der Waals surface area (Å²) in [6.07, 6.45) is 5.80. The third-order valence-corrected chi connectivity index (χ3v) is 3.23. The Morgan fingerprint density at radius 1 is 1.38 bits per heavy atom. The normalized spacial score (nSPS) is 10.9. The second-order valence-corrected chi connectivity index (χ2v) is 4.71. The lowest BCUT2D eigenvalue weighted by molar-refractivity contribution is 0.0699. The van der Waals surface area contributed by atoms with E-state index in [4.69, 9.17) is 0 Å². The van der Waals surface area contributed by atoms with Gasteiger partial charge < -0.3 is 5.11 Å². The first kappa shape index (κ1) is 13.2. The Morgan fingerprint density at radius 2 is 2.24 bits per heavy atom. The Balaban J connectivity index is 2.27. The van der Waals surface area contributed by atoms with Gasteiger partial charge in [-0.25, -0.2) is 14.5 Å². The highest BCUT2D eigenvalue weighted by molar-refractivity contribution is 6.02. The van der Waals surface area contributed by atoms with Gasteiger partial charge in [-0.1, -0.05) is 6.92 Å². The van der Waals surface area contributed by atoms with Crippen LogP contribution in [-0.2, 0) is 6.54 Å². The molecule has 0 aliphatic heterocycles. The van der Waals surface area contributed by atoms with Crippen molar-refractivity contribution in [2.45, 2.75) is 19.9 Å². The highest BCUT2D eigenvalue weighted by Crippen LogP contribution is 2.24. The van der Waals surface area contributed by atoms with E-state index in [0.717, 1.165) is 12.0 Å². The van der Waals surface area contributed by atoms with Gasteiger partial charge in [0, 0.05) is 24.5 Å². The number of carboxylic acids is 1. The van der Waals surface area contributed by atoms with E-state index in [1.807, 2.05) is 13.0 Å². The van der Waals surface area contributed by atoms with Crippen LogP contribution in [0.3, 0.4) is 0 Å². The molecule has 3 rings (SSSR count). The zero-order chi connectivity index (χ0) is 14.8. The van der Waals surface area contributed by atoms with Crippen molar-refractivity contribution in [3.8, 4) is 11.3 Å². The molecule has 1 N–H and O–H groups in total. The maximum atomic E-state index is 11.5. The Bertz CT molecular complexity index is 796. The number of aryl methyl sites for hydroxylation is 1. The van der Waals surface area contributed by atoms with Crippen molar-refractivity contribution < 1.29 is 9.90 Å². The first-order valence-corrected chi connectivity index (χ1v) is 6.71. The minimum Gasteiger partial charge on any atom is -0.478 e. The first-order valence-electron chi connectivity index (χ1n) is 6.71. The van der Waals surface area contributed by atoms with Crippen LogP contribution in [0.2, 0.25) is 0 Å². The Morgan fingerprint density at radius 3 is 2.90 bits per heavy atom. The largest absolute Gasteiger partial charge is 0.478 e. The minimum atomic E-state index is -0.983. The number of pyridine rings is 2. The summed E-state index contributed by atoms with van der Waals surface area (Å²) in [4.78, 5) is 20.1. The third kappa shape index (κ3) is 2.35. The molecule has 0 bridgehead atoms. The lowest BCUT2D eigenvalue weighted by Gasteiger charge is -2.06. The van der Waals surface area contributed by atoms with E-state index in [1.54, 1.807) is 35.4 Å². The number of carboxylic acid groups (broad SMARTS) is 1. The number of nitrogens with zero attached hydrogens (tertiary/aromatic N) is 4. The lowest BCUT2D eigenvalue weighted by atomic mass is 10.1. The number of aromatic carboxylic acids is 1. The molecule has 0 saturated heterocycles. The molecule has 3 aromatic heterocycles. The van der Waals surface area contributed by atoms with Gasteiger partial charge in [0.05, 0.1) is 22.8 Å². The molecule has 0 spiro atoms. The van der Waals surface area contributed by atoms with Crippen LogP contribution in [0.4, 0.5) is 0 Å². The molecular weight excluding hydrogens is 268 g/mol. The van der Waals surface area contributed by atoms with E-state index in [-0.39, 0.29) is 5.56 Å². The molecule has 6 nitrogen and oxygen atoms in total. The van der Waals surface area contributed by atoms with Gasteiger partial charge in [0.2, 0.25) is 0 Å². The highest BCUT2D eigenvalue weighted by atomic mass is 16.4. The van der Waals surface area contributed by atoms with Gasteiger partial charge in [0.1, 0.15) is 0 Å². The van der Waals surface area contributed by atoms with Crippen molar-refractivity contribution in [3.63, 3.8) is 0 Å². The number of hydrogen-bond acceptors (Lipinski definition) is 4. The van der Waals surface area contributed by atoms with Gasteiger partial charge >= 0.3 is 5.97 Å². The van der Waals surface area contributed by atoms with E-state index in [9.17, 15) is 9.90 Å². The van der Waals surface area contributed by atoms with Crippen molar-refractivity contribution in [2.75, 3.05) is 0 Å². The molecule has 21 heavy (non-hydrogen) atoms. The molecule has 0 fully saturated rings. The fraction of sp³-hybridized carbons (Fsp3) is 0.200. The zero-order valence-electron chi connectivity index (χ0n) is 11.5. The maximum absolute atomic E-state index is 11.5. The second-order valence-electron chi connectivity index (χ2n) is 4.71. The Hall–Kier alpha value is -2.76. The number of hydrogen-bond donors (Lipinski definition) is 1. The van der Waals surface area contributed by atoms with Crippen molar-refractivity contribution in [1.82, 2.24) is 19.7 Å². The summed E-state index contributed by atoms with van der Waals surface area (Å²) in [7, 11) is 0. The number of rotatable bonds is 4. The Kier molecular flexibility index (Phi) is 3.35. The summed E-state index contributed by atoms with van der Waals surface area (Å²) in [6.45, 7) is 2.74. The predicted molar refractivity (Wildman–Crippen MR) is 78.0 cm³/mol. The molecule has 0 radical (unpaired) electrons. The fourth-order valence-electron chi connectivity index (χ4n) is 2.26. The summed E-state index contributed by atoms with van der Waals surface area (Å²) in [5, 5.41) is 14.2. The SMILES string of the molecule is CCCn1ncc2c(C(=O)O)cc(-c3cccnc3)nc21. The van der Waals surface area contributed by atoms with Gasteiger partial charge in [-0.05, 0) is 24.6 Å². The van der Waals surface area contributed by atoms with Crippen LogP contribution < -0.4 is 0 Å². The zero-order valence-corrected chi connectivity index (χ0v) is 11.5. The van der Waals surface area contributed by atoms with Gasteiger partial charge in [0.25, 0.3) is 0 Å². The molecular formula is C15H14N4O2. The molecule has 3 heterocycles. The monoisotopic (exact) mass is 282 g/mol. The molecule has 0 saturated carbocycles. The fourth-order valence-corrected chi connectivity index (χ4v) is 2.26. The molecule has 0 aromatic carbocycles. The minimum absolute atomic E-state index is 0.209. The molecule has 6 heteroatoms. The molecule has 0 aliphatic rings. The average molecular weight is 282 g/mol. The van der Waals surface area contributed by atoms with Gasteiger partial charge in [-0.3, -0.25) is 4.98 Å². The van der Waals surface area contributed by atoms with E-state index in [1.165, 1.54) is 0 Å². The summed E-state index contributed by atoms with van der Waals surface area (Å²) in [5.74, 6) is -0.983. The summed E-state index contributed by atoms with van der Waals surface area (Å²) >= 11 is 0. The van der Waals surface area contributed by atoms with Crippen molar-refractivity contribution in [3.05, 3.63) is 42.4 Å². The summed E-state index contributed by atoms with van der Waals surface area (Å²) in [5.41, 5.74) is 2.17. The average Bonchev–Trinajstić information content (AvgIpc) is 2.90. The van der Waals surface area contributed by atoms with Crippen LogP contribution >= 0.6 is 0 Å². The van der Waals surface area contributed by atoms with Crippen LogP contribution in [0, 0.1) is 0 Å². The Labute approximate surface area is 121 Å². The van der Waals surface area contributed by atoms with E-state index in [2.05, 4.69) is 15.1 Å². The van der Waals surface area contributed by atoms with Crippen LogP contribution in [0.5, 0.6) is 0 Å². The van der Waals surface area contributed by atoms with Crippen molar-refractivity contribution in [2.24, 2.45) is 0 Å².